The highest BCUT2D eigenvalue weighted by atomic mass is 32.2. The van der Waals surface area contributed by atoms with E-state index in [0.717, 1.165) is 5.56 Å². The highest BCUT2D eigenvalue weighted by Gasteiger charge is 2.40. The Morgan fingerprint density at radius 2 is 1.54 bits per heavy atom. The van der Waals surface area contributed by atoms with E-state index < -0.39 is 21.5 Å². The maximum atomic E-state index is 13.2. The zero-order valence-electron chi connectivity index (χ0n) is 15.3. The number of hydrogen-bond acceptors (Lipinski definition) is 3. The minimum atomic E-state index is -3.98. The zero-order valence-corrected chi connectivity index (χ0v) is 16.1. The molecular weight excluding hydrogens is 348 g/mol. The lowest BCUT2D eigenvalue weighted by Gasteiger charge is -2.32. The van der Waals surface area contributed by atoms with Crippen LogP contribution in [0, 0.1) is 0 Å². The Balaban J connectivity index is 2.37. The smallest absolute Gasteiger partial charge is 0.270 e. The number of rotatable bonds is 2. The Hall–Kier alpha value is -2.60. The normalized spacial score (nSPS) is 16.2. The van der Waals surface area contributed by atoms with Gasteiger partial charge in [0.2, 0.25) is 0 Å². The molecule has 6 heteroatoms. The highest BCUT2D eigenvalue weighted by Crippen LogP contribution is 2.41. The molecule has 1 amide bonds. The molecule has 1 N–H and O–H groups in total. The molecule has 1 heterocycles. The van der Waals surface area contributed by atoms with E-state index in [2.05, 4.69) is 5.32 Å². The van der Waals surface area contributed by atoms with Crippen LogP contribution in [0.4, 0.5) is 5.69 Å². The van der Waals surface area contributed by atoms with Gasteiger partial charge in [-0.2, -0.15) is 0 Å². The van der Waals surface area contributed by atoms with Crippen molar-refractivity contribution in [1.82, 2.24) is 5.32 Å². The summed E-state index contributed by atoms with van der Waals surface area (Å²) in [5.41, 5.74) is 1.84. The van der Waals surface area contributed by atoms with Crippen molar-refractivity contribution in [2.75, 3.05) is 11.4 Å². The number of amides is 1. The van der Waals surface area contributed by atoms with E-state index in [-0.39, 0.29) is 4.91 Å². The summed E-state index contributed by atoms with van der Waals surface area (Å²) in [6.45, 7) is 5.46. The van der Waals surface area contributed by atoms with Gasteiger partial charge in [-0.1, -0.05) is 48.5 Å². The summed E-state index contributed by atoms with van der Waals surface area (Å²) < 4.78 is 27.6. The van der Waals surface area contributed by atoms with Crippen LogP contribution in [0.5, 0.6) is 0 Å². The summed E-state index contributed by atoms with van der Waals surface area (Å²) in [7, 11) is -2.51. The Kier molecular flexibility index (Phi) is 4.40. The summed E-state index contributed by atoms with van der Waals surface area (Å²) in [4.78, 5) is 12.8. The molecule has 0 aromatic heterocycles. The number of nitrogens with one attached hydrogen (secondary N) is 1. The second-order valence-corrected chi connectivity index (χ2v) is 9.17. The first-order chi connectivity index (χ1) is 12.1. The van der Waals surface area contributed by atoms with Crippen LogP contribution in [0.2, 0.25) is 0 Å². The Morgan fingerprint density at radius 1 is 0.962 bits per heavy atom. The molecule has 3 rings (SSSR count). The number of carbonyl (C=O) groups excluding carboxylic acids is 1. The van der Waals surface area contributed by atoms with E-state index in [9.17, 15) is 13.2 Å². The third kappa shape index (κ3) is 3.12. The maximum Gasteiger partial charge on any atom is 0.270 e. The molecule has 2 aromatic carbocycles. The quantitative estimate of drug-likeness (QED) is 0.883. The monoisotopic (exact) mass is 370 g/mol. The fourth-order valence-electron chi connectivity index (χ4n) is 3.00. The van der Waals surface area contributed by atoms with E-state index in [0.29, 0.717) is 16.8 Å². The molecule has 0 saturated heterocycles. The highest BCUT2D eigenvalue weighted by molar-refractivity contribution is 7.97. The van der Waals surface area contributed by atoms with Crippen LogP contribution in [-0.2, 0) is 14.8 Å². The molecule has 0 aliphatic carbocycles. The fourth-order valence-corrected chi connectivity index (χ4v) is 4.46. The molecule has 0 unspecified atom stereocenters. The number of anilines is 1. The van der Waals surface area contributed by atoms with Crippen molar-refractivity contribution in [3.05, 3.63) is 70.6 Å². The third-order valence-corrected chi connectivity index (χ3v) is 5.94. The van der Waals surface area contributed by atoms with Gasteiger partial charge in [-0.15, -0.1) is 0 Å². The van der Waals surface area contributed by atoms with E-state index in [1.54, 1.807) is 12.1 Å². The molecule has 0 atom stereocenters. The van der Waals surface area contributed by atoms with Gasteiger partial charge in [0, 0.05) is 23.7 Å². The lowest BCUT2D eigenvalue weighted by Crippen LogP contribution is -2.46. The minimum absolute atomic E-state index is 0.222. The van der Waals surface area contributed by atoms with Crippen molar-refractivity contribution in [3.8, 4) is 0 Å². The minimum Gasteiger partial charge on any atom is -0.347 e. The SMILES string of the molecule is CN1c2ccccc2C(c2ccccc2)=C(C(=O)NC(C)(C)C)S1(=O)=O. The summed E-state index contributed by atoms with van der Waals surface area (Å²) in [5.74, 6) is -0.599. The molecule has 136 valence electrons. The van der Waals surface area contributed by atoms with Crippen molar-refractivity contribution < 1.29 is 13.2 Å². The first-order valence-electron chi connectivity index (χ1n) is 8.33. The van der Waals surface area contributed by atoms with Crippen molar-refractivity contribution in [2.24, 2.45) is 0 Å². The van der Waals surface area contributed by atoms with Crippen LogP contribution in [0.3, 0.4) is 0 Å². The van der Waals surface area contributed by atoms with Crippen molar-refractivity contribution in [3.63, 3.8) is 0 Å². The Labute approximate surface area is 154 Å². The molecule has 0 bridgehead atoms. The first-order valence-corrected chi connectivity index (χ1v) is 9.77. The average Bonchev–Trinajstić information content (AvgIpc) is 2.57. The van der Waals surface area contributed by atoms with Crippen LogP contribution >= 0.6 is 0 Å². The van der Waals surface area contributed by atoms with Crippen molar-refractivity contribution in [1.29, 1.82) is 0 Å². The van der Waals surface area contributed by atoms with Crippen LogP contribution in [0.1, 0.15) is 31.9 Å². The fraction of sp³-hybridized carbons (Fsp3) is 0.250. The number of carbonyl (C=O) groups is 1. The largest absolute Gasteiger partial charge is 0.347 e. The molecule has 0 spiro atoms. The Morgan fingerprint density at radius 3 is 2.15 bits per heavy atom. The van der Waals surface area contributed by atoms with Gasteiger partial charge in [0.05, 0.1) is 5.69 Å². The zero-order chi connectivity index (χ0) is 19.1. The molecular formula is C20H22N2O3S. The van der Waals surface area contributed by atoms with Crippen LogP contribution in [0.15, 0.2) is 59.5 Å². The Bertz CT molecular complexity index is 987. The predicted octanol–water partition coefficient (Wildman–Crippen LogP) is 3.14. The van der Waals surface area contributed by atoms with E-state index in [1.165, 1.54) is 11.4 Å². The second-order valence-electron chi connectivity index (χ2n) is 7.26. The van der Waals surface area contributed by atoms with Crippen LogP contribution in [0.25, 0.3) is 5.57 Å². The van der Waals surface area contributed by atoms with Gasteiger partial charge in [0.25, 0.3) is 15.9 Å². The van der Waals surface area contributed by atoms with Gasteiger partial charge in [-0.25, -0.2) is 8.42 Å². The number of fused-ring (bicyclic) bond motifs is 1. The average molecular weight is 370 g/mol. The summed E-state index contributed by atoms with van der Waals surface area (Å²) in [6.07, 6.45) is 0. The van der Waals surface area contributed by atoms with E-state index >= 15 is 0 Å². The lowest BCUT2D eigenvalue weighted by atomic mass is 9.95. The predicted molar refractivity (Wildman–Crippen MR) is 104 cm³/mol. The number of nitrogens with zero attached hydrogens (tertiary/aromatic N) is 1. The van der Waals surface area contributed by atoms with Crippen molar-refractivity contribution in [2.45, 2.75) is 26.3 Å². The van der Waals surface area contributed by atoms with E-state index in [1.807, 2.05) is 63.2 Å². The number of hydrogen-bond donors (Lipinski definition) is 1. The molecule has 1 aliphatic rings. The van der Waals surface area contributed by atoms with Gasteiger partial charge in [0.15, 0.2) is 4.91 Å². The lowest BCUT2D eigenvalue weighted by molar-refractivity contribution is -0.118. The number of para-hydroxylation sites is 1. The van der Waals surface area contributed by atoms with Gasteiger partial charge < -0.3 is 5.32 Å². The van der Waals surface area contributed by atoms with Gasteiger partial charge in [-0.05, 0) is 32.4 Å². The number of benzene rings is 2. The summed E-state index contributed by atoms with van der Waals surface area (Å²) >= 11 is 0. The molecule has 0 radical (unpaired) electrons. The first kappa shape index (κ1) is 18.2. The molecule has 26 heavy (non-hydrogen) atoms. The van der Waals surface area contributed by atoms with Gasteiger partial charge in [0.1, 0.15) is 0 Å². The molecule has 1 aliphatic heterocycles. The molecule has 0 saturated carbocycles. The molecule has 2 aromatic rings. The van der Waals surface area contributed by atoms with Gasteiger partial charge in [-0.3, -0.25) is 9.10 Å². The number of sulfonamides is 1. The van der Waals surface area contributed by atoms with Crippen molar-refractivity contribution >= 4 is 27.2 Å². The van der Waals surface area contributed by atoms with Gasteiger partial charge >= 0.3 is 0 Å². The molecule has 5 nitrogen and oxygen atoms in total. The third-order valence-electron chi connectivity index (χ3n) is 4.12. The van der Waals surface area contributed by atoms with Crippen LogP contribution in [-0.4, -0.2) is 26.9 Å². The maximum absolute atomic E-state index is 13.2. The second kappa shape index (κ2) is 6.29. The summed E-state index contributed by atoms with van der Waals surface area (Å²) in [6, 6.07) is 16.4. The van der Waals surface area contributed by atoms with Crippen LogP contribution < -0.4 is 9.62 Å². The van der Waals surface area contributed by atoms with E-state index in [4.69, 9.17) is 0 Å². The standard InChI is InChI=1S/C20H22N2O3S/c1-20(2,3)21-19(23)18-17(14-10-6-5-7-11-14)15-12-8-9-13-16(15)22(4)26(18,24)25/h5-13H,1-4H3,(H,21,23). The summed E-state index contributed by atoms with van der Waals surface area (Å²) in [5, 5.41) is 2.79. The topological polar surface area (TPSA) is 66.5 Å². The molecule has 0 fully saturated rings.